The van der Waals surface area contributed by atoms with Crippen LogP contribution in [-0.2, 0) is 19.6 Å². The van der Waals surface area contributed by atoms with Gasteiger partial charge in [0.2, 0.25) is 0 Å². The molecule has 0 saturated carbocycles. The second-order valence-corrected chi connectivity index (χ2v) is 5.82. The van der Waals surface area contributed by atoms with Gasteiger partial charge >= 0.3 is 0 Å². The molecule has 7 heteroatoms. The summed E-state index contributed by atoms with van der Waals surface area (Å²) in [7, 11) is 1.72. The van der Waals surface area contributed by atoms with Crippen molar-refractivity contribution in [3.63, 3.8) is 0 Å². The fourth-order valence-corrected chi connectivity index (χ4v) is 2.53. The monoisotopic (exact) mass is 352 g/mol. The zero-order valence-corrected chi connectivity index (χ0v) is 14.6. The van der Waals surface area contributed by atoms with E-state index in [1.54, 1.807) is 30.2 Å². The molecule has 0 fully saturated rings. The fourth-order valence-electron chi connectivity index (χ4n) is 2.53. The highest BCUT2D eigenvalue weighted by Crippen LogP contribution is 2.07. The van der Waals surface area contributed by atoms with Gasteiger partial charge in [-0.1, -0.05) is 36.4 Å². The van der Waals surface area contributed by atoms with Crippen molar-refractivity contribution in [2.24, 2.45) is 4.99 Å². The molecule has 0 aliphatic carbocycles. The highest BCUT2D eigenvalue weighted by atomic mass is 19.1. The molecule has 0 aliphatic rings. The summed E-state index contributed by atoms with van der Waals surface area (Å²) >= 11 is 0. The lowest BCUT2D eigenvalue weighted by atomic mass is 10.1. The van der Waals surface area contributed by atoms with Gasteiger partial charge in [0.1, 0.15) is 18.5 Å². The van der Waals surface area contributed by atoms with Gasteiger partial charge in [-0.3, -0.25) is 4.99 Å². The Morgan fingerprint density at radius 1 is 1.04 bits per heavy atom. The van der Waals surface area contributed by atoms with Gasteiger partial charge in [0.15, 0.2) is 5.96 Å². The van der Waals surface area contributed by atoms with E-state index in [9.17, 15) is 4.39 Å². The first kappa shape index (κ1) is 17.6. The highest BCUT2D eigenvalue weighted by Gasteiger charge is 2.02. The molecule has 0 amide bonds. The van der Waals surface area contributed by atoms with Crippen LogP contribution in [-0.4, -0.2) is 27.8 Å². The topological polar surface area (TPSA) is 67.1 Å². The number of benzene rings is 2. The van der Waals surface area contributed by atoms with E-state index in [0.717, 1.165) is 16.7 Å². The summed E-state index contributed by atoms with van der Waals surface area (Å²) in [6, 6.07) is 14.7. The largest absolute Gasteiger partial charge is 0.352 e. The molecular formula is C19H21FN6. The summed E-state index contributed by atoms with van der Waals surface area (Å²) in [4.78, 5) is 8.17. The molecular weight excluding hydrogens is 331 g/mol. The first-order valence-corrected chi connectivity index (χ1v) is 8.32. The smallest absolute Gasteiger partial charge is 0.191 e. The molecule has 0 spiro atoms. The van der Waals surface area contributed by atoms with E-state index in [0.29, 0.717) is 25.6 Å². The second-order valence-electron chi connectivity index (χ2n) is 5.82. The number of aliphatic imine (C=N–C) groups is 1. The summed E-state index contributed by atoms with van der Waals surface area (Å²) in [6.45, 7) is 1.91. The van der Waals surface area contributed by atoms with Crippen molar-refractivity contribution < 1.29 is 4.39 Å². The fraction of sp³-hybridized carbons (Fsp3) is 0.211. The molecule has 26 heavy (non-hydrogen) atoms. The van der Waals surface area contributed by atoms with Crippen LogP contribution in [0.3, 0.4) is 0 Å². The minimum absolute atomic E-state index is 0.234. The summed E-state index contributed by atoms with van der Waals surface area (Å²) in [6.07, 6.45) is 3.23. The molecule has 3 rings (SSSR count). The quantitative estimate of drug-likeness (QED) is 0.528. The normalized spacial score (nSPS) is 11.4. The van der Waals surface area contributed by atoms with Gasteiger partial charge in [-0.05, 0) is 28.8 Å². The summed E-state index contributed by atoms with van der Waals surface area (Å²) in [5.41, 5.74) is 3.29. The predicted molar refractivity (Wildman–Crippen MR) is 99.0 cm³/mol. The Morgan fingerprint density at radius 2 is 1.77 bits per heavy atom. The van der Waals surface area contributed by atoms with Crippen LogP contribution >= 0.6 is 0 Å². The van der Waals surface area contributed by atoms with Crippen LogP contribution in [0.2, 0.25) is 0 Å². The average molecular weight is 352 g/mol. The van der Waals surface area contributed by atoms with Crippen LogP contribution in [0.15, 0.2) is 66.2 Å². The minimum atomic E-state index is -0.234. The van der Waals surface area contributed by atoms with Crippen LogP contribution in [0, 0.1) is 5.82 Å². The first-order chi connectivity index (χ1) is 12.7. The molecule has 0 saturated heterocycles. The number of nitrogens with zero attached hydrogens (tertiary/aromatic N) is 4. The number of rotatable bonds is 6. The SMILES string of the molecule is CN=C(NCc1ccc(F)cc1)NCc1cccc(Cn2cncn2)c1. The Kier molecular flexibility index (Phi) is 5.92. The molecule has 1 aromatic heterocycles. The van der Waals surface area contributed by atoms with Crippen LogP contribution in [0.4, 0.5) is 4.39 Å². The maximum absolute atomic E-state index is 12.9. The Labute approximate surface area is 151 Å². The van der Waals surface area contributed by atoms with Crippen LogP contribution < -0.4 is 10.6 Å². The number of aromatic nitrogens is 3. The number of halogens is 1. The van der Waals surface area contributed by atoms with E-state index in [1.165, 1.54) is 18.5 Å². The molecule has 1 heterocycles. The van der Waals surface area contributed by atoms with E-state index < -0.39 is 0 Å². The van der Waals surface area contributed by atoms with Crippen molar-refractivity contribution >= 4 is 5.96 Å². The van der Waals surface area contributed by atoms with Gasteiger partial charge in [0.05, 0.1) is 6.54 Å². The highest BCUT2D eigenvalue weighted by molar-refractivity contribution is 5.79. The van der Waals surface area contributed by atoms with E-state index in [-0.39, 0.29) is 5.82 Å². The standard InChI is InChI=1S/C19H21FN6/c1-21-19(23-10-15-5-7-18(20)8-6-15)24-11-16-3-2-4-17(9-16)12-26-14-22-13-25-26/h2-9,13-14H,10-12H2,1H3,(H2,21,23,24). The van der Waals surface area contributed by atoms with E-state index >= 15 is 0 Å². The third kappa shape index (κ3) is 5.14. The zero-order valence-electron chi connectivity index (χ0n) is 14.6. The lowest BCUT2D eigenvalue weighted by Crippen LogP contribution is -2.36. The summed E-state index contributed by atoms with van der Waals surface area (Å²) in [5.74, 6) is 0.457. The number of guanidine groups is 1. The van der Waals surface area contributed by atoms with Gasteiger partial charge in [-0.15, -0.1) is 0 Å². The Hall–Kier alpha value is -3.22. The van der Waals surface area contributed by atoms with E-state index in [4.69, 9.17) is 0 Å². The first-order valence-electron chi connectivity index (χ1n) is 8.32. The van der Waals surface area contributed by atoms with Crippen LogP contribution in [0.1, 0.15) is 16.7 Å². The van der Waals surface area contributed by atoms with Gasteiger partial charge in [-0.2, -0.15) is 5.10 Å². The molecule has 0 bridgehead atoms. The molecule has 134 valence electrons. The van der Waals surface area contributed by atoms with Gasteiger partial charge in [0.25, 0.3) is 0 Å². The molecule has 0 aliphatic heterocycles. The van der Waals surface area contributed by atoms with Crippen molar-refractivity contribution in [3.8, 4) is 0 Å². The molecule has 6 nitrogen and oxygen atoms in total. The van der Waals surface area contributed by atoms with Gasteiger partial charge in [-0.25, -0.2) is 14.1 Å². The lowest BCUT2D eigenvalue weighted by Gasteiger charge is -2.12. The summed E-state index contributed by atoms with van der Waals surface area (Å²) < 4.78 is 14.7. The van der Waals surface area contributed by atoms with Crippen LogP contribution in [0.5, 0.6) is 0 Å². The van der Waals surface area contributed by atoms with Crippen molar-refractivity contribution in [2.75, 3.05) is 7.05 Å². The molecule has 2 aromatic carbocycles. The second kappa shape index (κ2) is 8.75. The average Bonchev–Trinajstić information content (AvgIpc) is 3.16. The number of hydrogen-bond donors (Lipinski definition) is 2. The predicted octanol–water partition coefficient (Wildman–Crippen LogP) is 2.33. The Morgan fingerprint density at radius 3 is 2.46 bits per heavy atom. The van der Waals surface area contributed by atoms with Gasteiger partial charge < -0.3 is 10.6 Å². The van der Waals surface area contributed by atoms with Crippen molar-refractivity contribution in [2.45, 2.75) is 19.6 Å². The molecule has 0 unspecified atom stereocenters. The summed E-state index contributed by atoms with van der Waals surface area (Å²) in [5, 5.41) is 10.6. The molecule has 0 atom stereocenters. The molecule has 2 N–H and O–H groups in total. The van der Waals surface area contributed by atoms with Crippen molar-refractivity contribution in [1.82, 2.24) is 25.4 Å². The number of nitrogens with one attached hydrogen (secondary N) is 2. The van der Waals surface area contributed by atoms with Crippen LogP contribution in [0.25, 0.3) is 0 Å². The Bertz CT molecular complexity index is 843. The Balaban J connectivity index is 1.52. The zero-order chi connectivity index (χ0) is 18.2. The van der Waals surface area contributed by atoms with E-state index in [2.05, 4.69) is 43.9 Å². The molecule has 0 radical (unpaired) electrons. The maximum atomic E-state index is 12.9. The third-order valence-corrected chi connectivity index (χ3v) is 3.86. The maximum Gasteiger partial charge on any atom is 0.191 e. The van der Waals surface area contributed by atoms with Gasteiger partial charge in [0, 0.05) is 20.1 Å². The van der Waals surface area contributed by atoms with Crippen molar-refractivity contribution in [1.29, 1.82) is 0 Å². The molecule has 3 aromatic rings. The number of hydrogen-bond acceptors (Lipinski definition) is 3. The lowest BCUT2D eigenvalue weighted by molar-refractivity contribution is 0.626. The van der Waals surface area contributed by atoms with Crippen molar-refractivity contribution in [3.05, 3.63) is 83.7 Å². The minimum Gasteiger partial charge on any atom is -0.352 e. The van der Waals surface area contributed by atoms with E-state index in [1.807, 2.05) is 6.07 Å². The third-order valence-electron chi connectivity index (χ3n) is 3.86.